The molecule has 0 aromatic carbocycles. The molecule has 0 aliphatic heterocycles. The molecule has 0 amide bonds. The van der Waals surface area contributed by atoms with Gasteiger partial charge in [-0.15, -0.1) is 0 Å². The molecule has 0 atom stereocenters. The number of rotatable bonds is 2. The number of hydrogen-bond acceptors (Lipinski definition) is 4. The Kier molecular flexibility index (Phi) is 3.01. The molecule has 0 aliphatic carbocycles. The minimum absolute atomic E-state index is 0.241. The first-order valence-corrected chi connectivity index (χ1v) is 5.08. The maximum atomic E-state index is 5.80. The van der Waals surface area contributed by atoms with Crippen LogP contribution in [0.2, 0.25) is 5.28 Å². The van der Waals surface area contributed by atoms with E-state index in [4.69, 9.17) is 16.3 Å². The van der Waals surface area contributed by atoms with E-state index in [-0.39, 0.29) is 5.28 Å². The zero-order valence-electron chi connectivity index (χ0n) is 8.94. The van der Waals surface area contributed by atoms with Crippen LogP contribution in [0.25, 0.3) is 11.3 Å². The lowest BCUT2D eigenvalue weighted by molar-refractivity contribution is 0.398. The zero-order valence-corrected chi connectivity index (χ0v) is 9.69. The quantitative estimate of drug-likeness (QED) is 0.751. The molecule has 2 aromatic heterocycles. The van der Waals surface area contributed by atoms with Crippen molar-refractivity contribution in [1.29, 1.82) is 0 Å². The Morgan fingerprint density at radius 1 is 1.25 bits per heavy atom. The molecular weight excluding hydrogens is 226 g/mol. The Balaban J connectivity index is 2.49. The van der Waals surface area contributed by atoms with E-state index >= 15 is 0 Å². The molecule has 0 unspecified atom stereocenters. The highest BCUT2D eigenvalue weighted by molar-refractivity contribution is 6.28. The molecule has 5 heteroatoms. The third-order valence-corrected chi connectivity index (χ3v) is 2.24. The van der Waals surface area contributed by atoms with E-state index in [9.17, 15) is 0 Å². The summed E-state index contributed by atoms with van der Waals surface area (Å²) in [5.41, 5.74) is 2.49. The molecule has 0 fully saturated rings. The Morgan fingerprint density at radius 2 is 2.06 bits per heavy atom. The molecule has 82 valence electrons. The first-order valence-electron chi connectivity index (χ1n) is 4.70. The second-order valence-electron chi connectivity index (χ2n) is 3.25. The number of pyridine rings is 1. The minimum Gasteiger partial charge on any atom is -0.481 e. The first-order chi connectivity index (χ1) is 7.69. The lowest BCUT2D eigenvalue weighted by atomic mass is 10.2. The third-order valence-electron chi connectivity index (χ3n) is 2.07. The highest BCUT2D eigenvalue weighted by Crippen LogP contribution is 2.21. The number of aromatic nitrogens is 3. The van der Waals surface area contributed by atoms with Crippen molar-refractivity contribution in [2.75, 3.05) is 7.11 Å². The number of nitrogens with zero attached hydrogens (tertiary/aromatic N) is 3. The maximum Gasteiger partial charge on any atom is 0.223 e. The van der Waals surface area contributed by atoms with Gasteiger partial charge in [-0.25, -0.2) is 15.0 Å². The van der Waals surface area contributed by atoms with Crippen LogP contribution in [0, 0.1) is 6.92 Å². The van der Waals surface area contributed by atoms with Crippen LogP contribution in [0.4, 0.5) is 0 Å². The van der Waals surface area contributed by atoms with E-state index in [0.29, 0.717) is 5.88 Å². The van der Waals surface area contributed by atoms with Gasteiger partial charge in [0.1, 0.15) is 0 Å². The smallest absolute Gasteiger partial charge is 0.223 e. The largest absolute Gasteiger partial charge is 0.481 e. The van der Waals surface area contributed by atoms with Crippen LogP contribution in [0.5, 0.6) is 5.88 Å². The van der Waals surface area contributed by atoms with Crippen LogP contribution in [0.15, 0.2) is 24.4 Å². The first kappa shape index (κ1) is 10.8. The van der Waals surface area contributed by atoms with Crippen molar-refractivity contribution in [1.82, 2.24) is 15.0 Å². The van der Waals surface area contributed by atoms with Crippen molar-refractivity contribution in [3.8, 4) is 17.1 Å². The minimum atomic E-state index is 0.241. The summed E-state index contributed by atoms with van der Waals surface area (Å²) >= 11 is 5.80. The van der Waals surface area contributed by atoms with Crippen LogP contribution >= 0.6 is 11.6 Å². The summed E-state index contributed by atoms with van der Waals surface area (Å²) in [5.74, 6) is 0.546. The lowest BCUT2D eigenvalue weighted by Gasteiger charge is -2.04. The van der Waals surface area contributed by atoms with Gasteiger partial charge in [-0.1, -0.05) is 0 Å². The molecule has 0 saturated heterocycles. The zero-order chi connectivity index (χ0) is 11.5. The molecule has 16 heavy (non-hydrogen) atoms. The molecule has 0 bridgehead atoms. The molecule has 2 heterocycles. The summed E-state index contributed by atoms with van der Waals surface area (Å²) in [6, 6.07) is 5.51. The van der Waals surface area contributed by atoms with Gasteiger partial charge in [0.2, 0.25) is 11.2 Å². The molecule has 0 spiro atoms. The van der Waals surface area contributed by atoms with Crippen molar-refractivity contribution >= 4 is 11.6 Å². The van der Waals surface area contributed by atoms with Gasteiger partial charge in [0, 0.05) is 23.5 Å². The van der Waals surface area contributed by atoms with Crippen molar-refractivity contribution in [3.05, 3.63) is 35.4 Å². The Hall–Kier alpha value is -1.68. The highest BCUT2D eigenvalue weighted by atomic mass is 35.5. The van der Waals surface area contributed by atoms with Gasteiger partial charge in [0.15, 0.2) is 0 Å². The van der Waals surface area contributed by atoms with Gasteiger partial charge in [0.25, 0.3) is 0 Å². The van der Waals surface area contributed by atoms with Gasteiger partial charge in [0.05, 0.1) is 12.8 Å². The number of halogens is 1. The van der Waals surface area contributed by atoms with Gasteiger partial charge >= 0.3 is 0 Å². The Morgan fingerprint density at radius 3 is 2.75 bits per heavy atom. The van der Waals surface area contributed by atoms with E-state index in [1.165, 1.54) is 0 Å². The van der Waals surface area contributed by atoms with Crippen molar-refractivity contribution in [3.63, 3.8) is 0 Å². The van der Waals surface area contributed by atoms with Gasteiger partial charge in [-0.3, -0.25) is 0 Å². The fourth-order valence-corrected chi connectivity index (χ4v) is 1.58. The third kappa shape index (κ3) is 2.28. The second kappa shape index (κ2) is 4.45. The molecule has 0 radical (unpaired) electrons. The molecular formula is C11H10ClN3O. The average Bonchev–Trinajstić information content (AvgIpc) is 2.28. The number of aryl methyl sites for hydroxylation is 1. The van der Waals surface area contributed by atoms with E-state index in [2.05, 4.69) is 15.0 Å². The molecule has 4 nitrogen and oxygen atoms in total. The van der Waals surface area contributed by atoms with Gasteiger partial charge in [-0.05, 0) is 30.7 Å². The van der Waals surface area contributed by atoms with E-state index in [0.717, 1.165) is 17.0 Å². The molecule has 2 aromatic rings. The summed E-state index contributed by atoms with van der Waals surface area (Å²) in [4.78, 5) is 12.2. The fourth-order valence-electron chi connectivity index (χ4n) is 1.36. The summed E-state index contributed by atoms with van der Waals surface area (Å²) in [6.45, 7) is 1.87. The number of methoxy groups -OCH3 is 1. The normalized spacial score (nSPS) is 10.2. The molecule has 0 N–H and O–H groups in total. The average molecular weight is 236 g/mol. The highest BCUT2D eigenvalue weighted by Gasteiger charge is 2.04. The van der Waals surface area contributed by atoms with Crippen molar-refractivity contribution in [2.24, 2.45) is 0 Å². The Bertz CT molecular complexity index is 496. The van der Waals surface area contributed by atoms with Crippen molar-refractivity contribution in [2.45, 2.75) is 6.92 Å². The van der Waals surface area contributed by atoms with Gasteiger partial charge < -0.3 is 4.74 Å². The van der Waals surface area contributed by atoms with Crippen LogP contribution in [0.3, 0.4) is 0 Å². The summed E-state index contributed by atoms with van der Waals surface area (Å²) in [5, 5.41) is 0.241. The van der Waals surface area contributed by atoms with Crippen LogP contribution in [-0.2, 0) is 0 Å². The predicted octanol–water partition coefficient (Wildman–Crippen LogP) is 2.51. The lowest BCUT2D eigenvalue weighted by Crippen LogP contribution is -1.92. The Labute approximate surface area is 98.3 Å². The summed E-state index contributed by atoms with van der Waals surface area (Å²) in [6.07, 6.45) is 1.67. The number of hydrogen-bond donors (Lipinski definition) is 0. The summed E-state index contributed by atoms with van der Waals surface area (Å²) in [7, 11) is 1.57. The monoisotopic (exact) mass is 235 g/mol. The second-order valence-corrected chi connectivity index (χ2v) is 3.59. The van der Waals surface area contributed by atoms with Crippen molar-refractivity contribution < 1.29 is 4.74 Å². The predicted molar refractivity (Wildman–Crippen MR) is 61.6 cm³/mol. The van der Waals surface area contributed by atoms with Crippen LogP contribution < -0.4 is 4.74 Å². The van der Waals surface area contributed by atoms with E-state index < -0.39 is 0 Å². The SMILES string of the molecule is COc1cc(-c2cc(C)nc(Cl)n2)ccn1. The molecule has 0 saturated carbocycles. The number of ether oxygens (including phenoxy) is 1. The maximum absolute atomic E-state index is 5.80. The fraction of sp³-hybridized carbons (Fsp3) is 0.182. The van der Waals surface area contributed by atoms with Crippen LogP contribution in [-0.4, -0.2) is 22.1 Å². The van der Waals surface area contributed by atoms with Gasteiger partial charge in [-0.2, -0.15) is 0 Å². The molecule has 2 rings (SSSR count). The summed E-state index contributed by atoms with van der Waals surface area (Å²) < 4.78 is 5.05. The topological polar surface area (TPSA) is 47.9 Å². The van der Waals surface area contributed by atoms with E-state index in [1.807, 2.05) is 19.1 Å². The standard InChI is InChI=1S/C11H10ClN3O/c1-7-5-9(15-11(12)14-7)8-3-4-13-10(6-8)16-2/h3-6H,1-2H3. The molecule has 0 aliphatic rings. The van der Waals surface area contributed by atoms with Crippen LogP contribution in [0.1, 0.15) is 5.69 Å². The van der Waals surface area contributed by atoms with E-state index in [1.54, 1.807) is 19.4 Å².